The van der Waals surface area contributed by atoms with Gasteiger partial charge < -0.3 is 16.2 Å². The van der Waals surface area contributed by atoms with Gasteiger partial charge >= 0.3 is 5.97 Å². The fraction of sp³-hybridized carbons (Fsp3) is 0.857. The summed E-state index contributed by atoms with van der Waals surface area (Å²) in [7, 11) is 0. The molecule has 0 unspecified atom stereocenters. The van der Waals surface area contributed by atoms with Crippen LogP contribution >= 0.6 is 0 Å². The van der Waals surface area contributed by atoms with E-state index in [0.717, 1.165) is 6.42 Å². The molecule has 0 aliphatic carbocycles. The van der Waals surface area contributed by atoms with E-state index in [1.165, 1.54) is 0 Å². The van der Waals surface area contributed by atoms with Gasteiger partial charge in [0.25, 0.3) is 0 Å². The Bertz CT molecular complexity index is 292. The lowest BCUT2D eigenvalue weighted by Gasteiger charge is -2.22. The lowest BCUT2D eigenvalue weighted by Crippen LogP contribution is -2.45. The van der Waals surface area contributed by atoms with Crippen molar-refractivity contribution in [1.82, 2.24) is 5.32 Å². The summed E-state index contributed by atoms with van der Waals surface area (Å²) >= 11 is 0. The maximum Gasteiger partial charge on any atom is 0.326 e. The van der Waals surface area contributed by atoms with E-state index in [2.05, 4.69) is 19.2 Å². The standard InChI is InChI=1S/C14H28N2O3/c1-5-10(4)13(14(18)19)16-12(17)7-11(8-15)6-9(2)3/h9-11,13H,5-8,15H2,1-4H3,(H,16,17)(H,18,19)/t10-,11-,13-/m0/s1. The van der Waals surface area contributed by atoms with Crippen LogP contribution in [-0.2, 0) is 9.59 Å². The van der Waals surface area contributed by atoms with Crippen molar-refractivity contribution in [3.63, 3.8) is 0 Å². The van der Waals surface area contributed by atoms with Gasteiger partial charge in [0.15, 0.2) is 0 Å². The maximum absolute atomic E-state index is 11.9. The zero-order chi connectivity index (χ0) is 15.0. The summed E-state index contributed by atoms with van der Waals surface area (Å²) in [4.78, 5) is 23.0. The summed E-state index contributed by atoms with van der Waals surface area (Å²) < 4.78 is 0. The Hall–Kier alpha value is -1.10. The van der Waals surface area contributed by atoms with Gasteiger partial charge in [0.2, 0.25) is 5.91 Å². The number of carboxylic acid groups (broad SMARTS) is 1. The molecule has 0 aromatic carbocycles. The molecule has 0 saturated heterocycles. The van der Waals surface area contributed by atoms with Crippen LogP contribution < -0.4 is 11.1 Å². The Morgan fingerprint density at radius 3 is 2.21 bits per heavy atom. The average Bonchev–Trinajstić information content (AvgIpc) is 2.33. The molecule has 112 valence electrons. The van der Waals surface area contributed by atoms with Gasteiger partial charge in [-0.3, -0.25) is 4.79 Å². The van der Waals surface area contributed by atoms with Gasteiger partial charge in [-0.1, -0.05) is 34.1 Å². The van der Waals surface area contributed by atoms with E-state index in [9.17, 15) is 9.59 Å². The number of carboxylic acids is 1. The number of amides is 1. The number of nitrogens with two attached hydrogens (primary N) is 1. The third-order valence-electron chi connectivity index (χ3n) is 3.41. The van der Waals surface area contributed by atoms with Gasteiger partial charge in [-0.15, -0.1) is 0 Å². The second-order valence-corrected chi connectivity index (χ2v) is 5.70. The highest BCUT2D eigenvalue weighted by Gasteiger charge is 2.26. The Morgan fingerprint density at radius 2 is 1.84 bits per heavy atom. The van der Waals surface area contributed by atoms with Crippen molar-refractivity contribution in [3.8, 4) is 0 Å². The predicted molar refractivity (Wildman–Crippen MR) is 75.6 cm³/mol. The molecule has 0 aromatic rings. The van der Waals surface area contributed by atoms with Crippen molar-refractivity contribution in [2.24, 2.45) is 23.5 Å². The first-order chi connectivity index (χ1) is 8.81. The van der Waals surface area contributed by atoms with Crippen molar-refractivity contribution in [1.29, 1.82) is 0 Å². The number of carbonyl (C=O) groups excluding carboxylic acids is 1. The van der Waals surface area contributed by atoms with Gasteiger partial charge in [0.1, 0.15) is 6.04 Å². The molecule has 0 aromatic heterocycles. The van der Waals surface area contributed by atoms with Crippen LogP contribution in [0, 0.1) is 17.8 Å². The SMILES string of the molecule is CC[C@H](C)[C@H](NC(=O)C[C@@H](CN)CC(C)C)C(=O)O. The maximum atomic E-state index is 11.9. The van der Waals surface area contributed by atoms with Crippen LogP contribution in [0.5, 0.6) is 0 Å². The predicted octanol–water partition coefficient (Wildman–Crippen LogP) is 1.61. The molecule has 5 nitrogen and oxygen atoms in total. The van der Waals surface area contributed by atoms with E-state index < -0.39 is 12.0 Å². The quantitative estimate of drug-likeness (QED) is 0.594. The minimum Gasteiger partial charge on any atom is -0.480 e. The number of carbonyl (C=O) groups is 2. The normalized spacial score (nSPS) is 15.9. The topological polar surface area (TPSA) is 92.4 Å². The molecule has 0 spiro atoms. The van der Waals surface area contributed by atoms with Crippen molar-refractivity contribution in [2.45, 2.75) is 53.0 Å². The minimum atomic E-state index is -0.976. The van der Waals surface area contributed by atoms with E-state index in [4.69, 9.17) is 10.8 Å². The molecule has 0 aliphatic heterocycles. The lowest BCUT2D eigenvalue weighted by atomic mass is 9.93. The highest BCUT2D eigenvalue weighted by atomic mass is 16.4. The van der Waals surface area contributed by atoms with Crippen molar-refractivity contribution >= 4 is 11.9 Å². The van der Waals surface area contributed by atoms with Crippen LogP contribution in [0.3, 0.4) is 0 Å². The van der Waals surface area contributed by atoms with Gasteiger partial charge in [-0.2, -0.15) is 0 Å². The Labute approximate surface area is 115 Å². The van der Waals surface area contributed by atoms with Crippen molar-refractivity contribution < 1.29 is 14.7 Å². The summed E-state index contributed by atoms with van der Waals surface area (Å²) in [5.41, 5.74) is 5.65. The molecule has 0 heterocycles. The Morgan fingerprint density at radius 1 is 1.26 bits per heavy atom. The second-order valence-electron chi connectivity index (χ2n) is 5.70. The molecule has 0 rings (SSSR count). The van der Waals surface area contributed by atoms with Crippen molar-refractivity contribution in [3.05, 3.63) is 0 Å². The highest BCUT2D eigenvalue weighted by molar-refractivity contribution is 5.83. The summed E-state index contributed by atoms with van der Waals surface area (Å²) in [5, 5.41) is 11.7. The summed E-state index contributed by atoms with van der Waals surface area (Å²) in [5.74, 6) is -0.680. The van der Waals surface area contributed by atoms with E-state index in [0.29, 0.717) is 25.3 Å². The number of hydrogen-bond donors (Lipinski definition) is 3. The molecule has 0 radical (unpaired) electrons. The monoisotopic (exact) mass is 272 g/mol. The van der Waals surface area contributed by atoms with Crippen LogP contribution in [0.2, 0.25) is 0 Å². The molecule has 4 N–H and O–H groups in total. The lowest BCUT2D eigenvalue weighted by molar-refractivity contribution is -0.143. The first kappa shape index (κ1) is 17.9. The average molecular weight is 272 g/mol. The summed E-state index contributed by atoms with van der Waals surface area (Å²) in [6.07, 6.45) is 1.89. The van der Waals surface area contributed by atoms with E-state index in [1.807, 2.05) is 13.8 Å². The summed E-state index contributed by atoms with van der Waals surface area (Å²) in [6, 6.07) is -0.810. The number of hydrogen-bond acceptors (Lipinski definition) is 3. The van der Waals surface area contributed by atoms with E-state index in [-0.39, 0.29) is 17.7 Å². The first-order valence-corrected chi connectivity index (χ1v) is 7.03. The van der Waals surface area contributed by atoms with Gasteiger partial charge in [0.05, 0.1) is 0 Å². The zero-order valence-corrected chi connectivity index (χ0v) is 12.5. The molecule has 0 bridgehead atoms. The second kappa shape index (κ2) is 8.91. The van der Waals surface area contributed by atoms with Gasteiger partial charge in [0, 0.05) is 6.42 Å². The number of rotatable bonds is 9. The van der Waals surface area contributed by atoms with Crippen LogP contribution in [0.1, 0.15) is 47.0 Å². The smallest absolute Gasteiger partial charge is 0.326 e. The molecule has 0 aliphatic rings. The van der Waals surface area contributed by atoms with Gasteiger partial charge in [-0.25, -0.2) is 4.79 Å². The largest absolute Gasteiger partial charge is 0.480 e. The van der Waals surface area contributed by atoms with E-state index >= 15 is 0 Å². The zero-order valence-electron chi connectivity index (χ0n) is 12.5. The van der Waals surface area contributed by atoms with Crippen LogP contribution in [-0.4, -0.2) is 29.6 Å². The molecular weight excluding hydrogens is 244 g/mol. The number of nitrogens with one attached hydrogen (secondary N) is 1. The van der Waals surface area contributed by atoms with Gasteiger partial charge in [-0.05, 0) is 30.7 Å². The Kier molecular flexibility index (Phi) is 8.39. The van der Waals surface area contributed by atoms with Crippen LogP contribution in [0.25, 0.3) is 0 Å². The molecule has 3 atom stereocenters. The van der Waals surface area contributed by atoms with Crippen LogP contribution in [0.15, 0.2) is 0 Å². The van der Waals surface area contributed by atoms with Crippen molar-refractivity contribution in [2.75, 3.05) is 6.54 Å². The molecule has 19 heavy (non-hydrogen) atoms. The highest BCUT2D eigenvalue weighted by Crippen LogP contribution is 2.15. The van der Waals surface area contributed by atoms with E-state index in [1.54, 1.807) is 0 Å². The van der Waals surface area contributed by atoms with Crippen LogP contribution in [0.4, 0.5) is 0 Å². The molecule has 1 amide bonds. The first-order valence-electron chi connectivity index (χ1n) is 7.03. The fourth-order valence-electron chi connectivity index (χ4n) is 2.11. The summed E-state index contributed by atoms with van der Waals surface area (Å²) in [6.45, 7) is 8.36. The molecular formula is C14H28N2O3. The molecule has 5 heteroatoms. The third kappa shape index (κ3) is 7.15. The number of aliphatic carboxylic acids is 1. The molecule has 0 saturated carbocycles. The fourth-order valence-corrected chi connectivity index (χ4v) is 2.11. The molecule has 0 fully saturated rings. The minimum absolute atomic E-state index is 0.0807. The Balaban J connectivity index is 4.44. The third-order valence-corrected chi connectivity index (χ3v) is 3.41.